The predicted octanol–water partition coefficient (Wildman–Crippen LogP) is 10.1. The fourth-order valence-corrected chi connectivity index (χ4v) is 5.90. The normalized spacial score (nSPS) is 11.1. The average Bonchev–Trinajstić information content (AvgIpc) is 3.17. The fourth-order valence-electron chi connectivity index (χ4n) is 5.90. The van der Waals surface area contributed by atoms with Crippen LogP contribution in [0.5, 0.6) is 28.7 Å². The van der Waals surface area contributed by atoms with E-state index in [1.807, 2.05) is 72.8 Å². The van der Waals surface area contributed by atoms with Crippen molar-refractivity contribution in [2.45, 2.75) is 39.4 Å². The van der Waals surface area contributed by atoms with Gasteiger partial charge in [0.25, 0.3) is 5.91 Å². The second kappa shape index (κ2) is 17.0. The summed E-state index contributed by atoms with van der Waals surface area (Å²) in [7, 11) is 0. The molecule has 6 aromatic rings. The quantitative estimate of drug-likeness (QED) is 0.0507. The van der Waals surface area contributed by atoms with E-state index in [0.717, 1.165) is 27.9 Å². The van der Waals surface area contributed by atoms with Crippen molar-refractivity contribution in [2.24, 2.45) is 0 Å². The number of aryl methyl sites for hydroxylation is 1. The standard InChI is InChI=1S/C44H40N2O9/c1-28-4-23-40(41(24-28)43(49)50)42(48)45-33-10-19-38(20-11-33)54-36-15-6-31(7-16-36)44(2,3)32-8-17-37(18-9-32)55-39-21-12-34(13-22-39)46-52-26-29-5-14-35(47)25-30(29)27-53-51/h4-25,46-47,51H,26-27H2,1-3H3,(H,45,48)(H,49,50). The first-order valence-corrected chi connectivity index (χ1v) is 17.4. The maximum Gasteiger partial charge on any atom is 0.336 e. The monoisotopic (exact) mass is 740 g/mol. The topological polar surface area (TPSA) is 156 Å². The highest BCUT2D eigenvalue weighted by molar-refractivity contribution is 6.10. The molecule has 0 unspecified atom stereocenters. The number of ether oxygens (including phenoxy) is 2. The third-order valence-electron chi connectivity index (χ3n) is 9.07. The van der Waals surface area contributed by atoms with Crippen molar-refractivity contribution in [3.05, 3.63) is 172 Å². The first kappa shape index (κ1) is 38.1. The van der Waals surface area contributed by atoms with Crippen molar-refractivity contribution < 1.29 is 44.3 Å². The molecule has 0 aromatic heterocycles. The molecule has 6 aromatic carbocycles. The van der Waals surface area contributed by atoms with Crippen LogP contribution in [0.2, 0.25) is 0 Å². The van der Waals surface area contributed by atoms with E-state index in [4.69, 9.17) is 19.6 Å². The maximum atomic E-state index is 12.8. The molecule has 1 amide bonds. The Hall–Kier alpha value is -6.66. The van der Waals surface area contributed by atoms with E-state index in [1.165, 1.54) is 18.2 Å². The number of hydrogen-bond donors (Lipinski definition) is 5. The van der Waals surface area contributed by atoms with Gasteiger partial charge in [0.05, 0.1) is 23.4 Å². The number of rotatable bonds is 15. The summed E-state index contributed by atoms with van der Waals surface area (Å²) in [6, 6.07) is 39.5. The Morgan fingerprint density at radius 3 is 1.67 bits per heavy atom. The number of anilines is 2. The highest BCUT2D eigenvalue weighted by Crippen LogP contribution is 2.35. The van der Waals surface area contributed by atoms with Crippen LogP contribution in [-0.4, -0.2) is 27.3 Å². The molecule has 0 bridgehead atoms. The Kier molecular flexibility index (Phi) is 11.8. The van der Waals surface area contributed by atoms with E-state index in [1.54, 1.807) is 49.4 Å². The summed E-state index contributed by atoms with van der Waals surface area (Å²) in [5, 5.41) is 30.7. The maximum absolute atomic E-state index is 12.8. The predicted molar refractivity (Wildman–Crippen MR) is 208 cm³/mol. The molecule has 11 nitrogen and oxygen atoms in total. The number of phenolic OH excluding ortho intramolecular Hbond substituents is 1. The van der Waals surface area contributed by atoms with Crippen molar-refractivity contribution in [1.29, 1.82) is 0 Å². The summed E-state index contributed by atoms with van der Waals surface area (Å²) in [5.74, 6) is 0.987. The lowest BCUT2D eigenvalue weighted by molar-refractivity contribution is -0.253. The van der Waals surface area contributed by atoms with Crippen molar-refractivity contribution in [3.8, 4) is 28.7 Å². The summed E-state index contributed by atoms with van der Waals surface area (Å²) in [6.45, 7) is 6.19. The van der Waals surface area contributed by atoms with E-state index in [0.29, 0.717) is 34.2 Å². The van der Waals surface area contributed by atoms with Crippen LogP contribution in [0.4, 0.5) is 11.4 Å². The molecule has 280 valence electrons. The van der Waals surface area contributed by atoms with Crippen molar-refractivity contribution in [3.63, 3.8) is 0 Å². The van der Waals surface area contributed by atoms with Gasteiger partial charge in [0, 0.05) is 11.1 Å². The third kappa shape index (κ3) is 9.67. The number of amides is 1. The third-order valence-corrected chi connectivity index (χ3v) is 9.07. The molecule has 55 heavy (non-hydrogen) atoms. The lowest BCUT2D eigenvalue weighted by Gasteiger charge is -2.26. The van der Waals surface area contributed by atoms with Gasteiger partial charge in [0.15, 0.2) is 0 Å². The molecule has 11 heteroatoms. The number of carbonyl (C=O) groups excluding carboxylic acids is 1. The Morgan fingerprint density at radius 2 is 1.15 bits per heavy atom. The second-order valence-electron chi connectivity index (χ2n) is 13.4. The van der Waals surface area contributed by atoms with Gasteiger partial charge in [-0.15, -0.1) is 0 Å². The van der Waals surface area contributed by atoms with Crippen LogP contribution in [0.15, 0.2) is 133 Å². The number of phenols is 1. The lowest BCUT2D eigenvalue weighted by atomic mass is 9.78. The zero-order valence-electron chi connectivity index (χ0n) is 30.4. The zero-order valence-corrected chi connectivity index (χ0v) is 30.4. The van der Waals surface area contributed by atoms with Gasteiger partial charge in [0.2, 0.25) is 0 Å². The van der Waals surface area contributed by atoms with E-state index in [9.17, 15) is 19.8 Å². The van der Waals surface area contributed by atoms with Crippen molar-refractivity contribution in [1.82, 2.24) is 0 Å². The van der Waals surface area contributed by atoms with E-state index >= 15 is 0 Å². The molecule has 0 heterocycles. The first-order chi connectivity index (χ1) is 26.5. The largest absolute Gasteiger partial charge is 0.508 e. The highest BCUT2D eigenvalue weighted by Gasteiger charge is 2.23. The molecule has 0 atom stereocenters. The summed E-state index contributed by atoms with van der Waals surface area (Å²) < 4.78 is 12.1. The van der Waals surface area contributed by atoms with Gasteiger partial charge in [0.1, 0.15) is 35.4 Å². The van der Waals surface area contributed by atoms with E-state index in [2.05, 4.69) is 29.5 Å². The van der Waals surface area contributed by atoms with Crippen molar-refractivity contribution in [2.75, 3.05) is 10.8 Å². The number of carboxylic acids is 1. The number of nitrogens with one attached hydrogen (secondary N) is 2. The average molecular weight is 741 g/mol. The number of aromatic hydroxyl groups is 1. The van der Waals surface area contributed by atoms with Gasteiger partial charge in [-0.3, -0.25) is 20.4 Å². The number of aromatic carboxylic acids is 1. The minimum atomic E-state index is -1.16. The molecule has 0 aliphatic heterocycles. The van der Waals surface area contributed by atoms with Gasteiger partial charge >= 0.3 is 5.97 Å². The molecule has 5 N–H and O–H groups in total. The second-order valence-corrected chi connectivity index (χ2v) is 13.4. The molecule has 6 rings (SSSR count). The van der Waals surface area contributed by atoms with Crippen LogP contribution in [0, 0.1) is 6.92 Å². The Bertz CT molecular complexity index is 2250. The number of carboxylic acid groups (broad SMARTS) is 1. The fraction of sp³-hybridized carbons (Fsp3) is 0.136. The number of carbonyl (C=O) groups is 2. The highest BCUT2D eigenvalue weighted by atomic mass is 17.1. The summed E-state index contributed by atoms with van der Waals surface area (Å²) in [5.41, 5.74) is 8.15. The SMILES string of the molecule is Cc1ccc(C(=O)Nc2ccc(Oc3ccc(C(C)(C)c4ccc(Oc5ccc(NOCc6ccc(O)cc6COO)cc5)cc4)cc3)cc2)c(C(=O)O)c1. The van der Waals surface area contributed by atoms with Crippen LogP contribution < -0.4 is 20.3 Å². The molecule has 0 saturated heterocycles. The molecular weight excluding hydrogens is 700 g/mol. The van der Waals surface area contributed by atoms with Crippen LogP contribution in [0.25, 0.3) is 0 Å². The van der Waals surface area contributed by atoms with Crippen LogP contribution in [0.1, 0.15) is 62.4 Å². The Balaban J connectivity index is 1.00. The Morgan fingerprint density at radius 1 is 0.618 bits per heavy atom. The molecule has 0 saturated carbocycles. The molecule has 0 aliphatic carbocycles. The smallest absolute Gasteiger partial charge is 0.336 e. The summed E-state index contributed by atoms with van der Waals surface area (Å²) >= 11 is 0. The van der Waals surface area contributed by atoms with Crippen LogP contribution >= 0.6 is 0 Å². The van der Waals surface area contributed by atoms with Gasteiger partial charge in [-0.25, -0.2) is 9.68 Å². The zero-order chi connectivity index (χ0) is 39.0. The minimum Gasteiger partial charge on any atom is -0.508 e. The van der Waals surface area contributed by atoms with E-state index < -0.39 is 11.9 Å². The first-order valence-electron chi connectivity index (χ1n) is 17.4. The number of benzene rings is 6. The van der Waals surface area contributed by atoms with Gasteiger partial charge < -0.3 is 25.0 Å². The molecular formula is C44H40N2O9. The summed E-state index contributed by atoms with van der Waals surface area (Å²) in [4.78, 5) is 34.2. The molecule has 0 radical (unpaired) electrons. The minimum absolute atomic E-state index is 0.0497. The molecule has 0 spiro atoms. The van der Waals surface area contributed by atoms with Gasteiger partial charge in [-0.2, -0.15) is 0 Å². The number of hydrogen-bond acceptors (Lipinski definition) is 9. The van der Waals surface area contributed by atoms with Gasteiger partial charge in [-0.1, -0.05) is 55.8 Å². The van der Waals surface area contributed by atoms with Crippen LogP contribution in [-0.2, 0) is 28.4 Å². The van der Waals surface area contributed by atoms with Crippen LogP contribution in [0.3, 0.4) is 0 Å². The van der Waals surface area contributed by atoms with Gasteiger partial charge in [-0.05, 0) is 126 Å². The molecule has 0 fully saturated rings. The van der Waals surface area contributed by atoms with Crippen molar-refractivity contribution >= 4 is 23.3 Å². The summed E-state index contributed by atoms with van der Waals surface area (Å²) in [6.07, 6.45) is 0. The molecule has 0 aliphatic rings. The van der Waals surface area contributed by atoms with E-state index in [-0.39, 0.29) is 35.5 Å². The lowest BCUT2D eigenvalue weighted by Crippen LogP contribution is -2.18. The Labute approximate surface area is 318 Å².